The van der Waals surface area contributed by atoms with E-state index in [1.165, 1.54) is 20.8 Å². The van der Waals surface area contributed by atoms with Crippen molar-refractivity contribution >= 4 is 59.1 Å². The number of primary amides is 1. The molecule has 0 spiro atoms. The third-order valence-corrected chi connectivity index (χ3v) is 9.17. The van der Waals surface area contributed by atoms with Crippen LogP contribution >= 0.6 is 0 Å². The first kappa shape index (κ1) is 55.6. The standard InChI is InChI=1S/C39H71N11O11/c1-19(2)16-27(32(42)54)48-35(57)24(9)44-37(59)25(12-10-11-15-40)47-34(56)23(8)45-38(60)26(13-14-30(52)53)46-29(51)18-43-36(58)28(17-20(3)4)49-39(61)31(21(5)6)50-33(55)22(7)41/h19-28,31H,10-18,40-41H2,1-9H3,(H2,42,54)(H,43,58)(H,44,59)(H,45,60)(H,46,51)(H,47,56)(H,48,57)(H,49,61)(H,50,55)(H,52,53)/t22-,23-,24-,25-,26-,27-,28-,31-/m0/s1. The molecule has 0 unspecified atom stereocenters. The van der Waals surface area contributed by atoms with Crippen molar-refractivity contribution in [2.75, 3.05) is 13.1 Å². The first-order valence-corrected chi connectivity index (χ1v) is 20.7. The number of rotatable bonds is 29. The van der Waals surface area contributed by atoms with Gasteiger partial charge in [0.2, 0.25) is 53.2 Å². The number of carboxylic acid groups (broad SMARTS) is 1. The largest absolute Gasteiger partial charge is 0.481 e. The zero-order chi connectivity index (χ0) is 47.1. The van der Waals surface area contributed by atoms with Crippen LogP contribution in [0.25, 0.3) is 0 Å². The second kappa shape index (κ2) is 28.2. The van der Waals surface area contributed by atoms with Crippen LogP contribution in [0.2, 0.25) is 0 Å². The molecule has 0 aromatic heterocycles. The van der Waals surface area contributed by atoms with E-state index >= 15 is 0 Å². The van der Waals surface area contributed by atoms with Crippen LogP contribution in [0.5, 0.6) is 0 Å². The highest BCUT2D eigenvalue weighted by atomic mass is 16.4. The van der Waals surface area contributed by atoms with Gasteiger partial charge in [0, 0.05) is 6.42 Å². The lowest BCUT2D eigenvalue weighted by atomic mass is 9.99. The summed E-state index contributed by atoms with van der Waals surface area (Å²) in [5.41, 5.74) is 16.7. The van der Waals surface area contributed by atoms with Gasteiger partial charge in [0.15, 0.2) is 0 Å². The Morgan fingerprint density at radius 2 is 1.00 bits per heavy atom. The van der Waals surface area contributed by atoms with Gasteiger partial charge in [0.1, 0.15) is 42.3 Å². The van der Waals surface area contributed by atoms with Crippen molar-refractivity contribution in [1.29, 1.82) is 0 Å². The molecule has 0 saturated heterocycles. The second-order valence-electron chi connectivity index (χ2n) is 16.4. The molecular weight excluding hydrogens is 798 g/mol. The minimum atomic E-state index is -1.48. The van der Waals surface area contributed by atoms with Gasteiger partial charge in [-0.25, -0.2) is 0 Å². The maximum Gasteiger partial charge on any atom is 0.303 e. The van der Waals surface area contributed by atoms with Gasteiger partial charge >= 0.3 is 5.97 Å². The first-order chi connectivity index (χ1) is 28.3. The van der Waals surface area contributed by atoms with Crippen LogP contribution in [0.3, 0.4) is 0 Å². The summed E-state index contributed by atoms with van der Waals surface area (Å²) in [7, 11) is 0. The number of hydrogen-bond donors (Lipinski definition) is 12. The molecule has 8 atom stereocenters. The van der Waals surface area contributed by atoms with Gasteiger partial charge < -0.3 is 64.8 Å². The summed E-state index contributed by atoms with van der Waals surface area (Å²) in [4.78, 5) is 128. The minimum Gasteiger partial charge on any atom is -0.481 e. The molecule has 0 aliphatic rings. The summed E-state index contributed by atoms with van der Waals surface area (Å²) in [5.74, 6) is -8.47. The maximum atomic E-state index is 13.3. The van der Waals surface area contributed by atoms with Gasteiger partial charge in [-0.15, -0.1) is 0 Å². The Balaban J connectivity index is 5.81. The third kappa shape index (κ3) is 22.7. The van der Waals surface area contributed by atoms with E-state index in [-0.39, 0.29) is 37.0 Å². The maximum absolute atomic E-state index is 13.3. The van der Waals surface area contributed by atoms with Crippen LogP contribution in [-0.4, -0.2) is 126 Å². The molecule has 61 heavy (non-hydrogen) atoms. The number of unbranched alkanes of at least 4 members (excludes halogenated alkanes) is 1. The number of aliphatic carboxylic acids is 1. The van der Waals surface area contributed by atoms with E-state index < -0.39 is 127 Å². The molecule has 22 nitrogen and oxygen atoms in total. The second-order valence-corrected chi connectivity index (χ2v) is 16.4. The lowest BCUT2D eigenvalue weighted by Crippen LogP contribution is -2.58. The topological polar surface area (TPSA) is 365 Å². The number of nitrogens with two attached hydrogens (primary N) is 3. The Morgan fingerprint density at radius 3 is 1.44 bits per heavy atom. The quantitative estimate of drug-likeness (QED) is 0.0337. The number of carboxylic acids is 1. The lowest BCUT2D eigenvalue weighted by Gasteiger charge is -2.26. The normalized spacial score (nSPS) is 15.1. The molecule has 22 heteroatoms. The molecule has 0 saturated carbocycles. The zero-order valence-corrected chi connectivity index (χ0v) is 37.0. The van der Waals surface area contributed by atoms with E-state index in [1.54, 1.807) is 27.7 Å². The SMILES string of the molecule is CC(C)C[C@H](NC(=O)[C@H](C)NC(=O)[C@H](CCCCN)NC(=O)[C@H](C)NC(=O)[C@H](CCC(=O)O)NC(=O)CNC(=O)[C@H](CC(C)C)NC(=O)[C@@H](NC(=O)[C@H](C)N)C(C)C)C(N)=O. The fourth-order valence-corrected chi connectivity index (χ4v) is 5.69. The molecule has 0 aliphatic carbocycles. The van der Waals surface area contributed by atoms with Crippen molar-refractivity contribution in [3.8, 4) is 0 Å². The Hall–Kier alpha value is -5.38. The number of nitrogens with one attached hydrogen (secondary N) is 8. The summed E-state index contributed by atoms with van der Waals surface area (Å²) in [6, 6.07) is -9.10. The summed E-state index contributed by atoms with van der Waals surface area (Å²) in [6.07, 6.45) is 0.494. The Kier molecular flexibility index (Phi) is 25.7. The molecule has 348 valence electrons. The Morgan fingerprint density at radius 1 is 0.525 bits per heavy atom. The Labute approximate surface area is 357 Å². The van der Waals surface area contributed by atoms with Gasteiger partial charge in [-0.3, -0.25) is 47.9 Å². The molecular formula is C39H71N11O11. The van der Waals surface area contributed by atoms with Gasteiger partial charge in [-0.2, -0.15) is 0 Å². The molecule has 0 fully saturated rings. The number of carbonyl (C=O) groups is 10. The van der Waals surface area contributed by atoms with Crippen molar-refractivity contribution in [2.24, 2.45) is 35.0 Å². The number of hydrogen-bond acceptors (Lipinski definition) is 12. The van der Waals surface area contributed by atoms with Crippen LogP contribution in [-0.2, 0) is 47.9 Å². The monoisotopic (exact) mass is 870 g/mol. The van der Waals surface area contributed by atoms with Crippen molar-refractivity contribution < 1.29 is 53.1 Å². The fourth-order valence-electron chi connectivity index (χ4n) is 5.69. The Bertz CT molecular complexity index is 1520. The van der Waals surface area contributed by atoms with Gasteiger partial charge in [0.05, 0.1) is 12.6 Å². The van der Waals surface area contributed by atoms with E-state index in [1.807, 2.05) is 13.8 Å². The smallest absolute Gasteiger partial charge is 0.303 e. The predicted molar refractivity (Wildman–Crippen MR) is 224 cm³/mol. The van der Waals surface area contributed by atoms with Crippen molar-refractivity contribution in [3.05, 3.63) is 0 Å². The summed E-state index contributed by atoms with van der Waals surface area (Å²) in [5, 5.41) is 29.2. The minimum absolute atomic E-state index is 0.0342. The molecule has 9 amide bonds. The van der Waals surface area contributed by atoms with Crippen LogP contribution in [0.4, 0.5) is 0 Å². The highest BCUT2D eigenvalue weighted by Gasteiger charge is 2.32. The van der Waals surface area contributed by atoms with E-state index in [2.05, 4.69) is 42.5 Å². The highest BCUT2D eigenvalue weighted by molar-refractivity contribution is 5.97. The molecule has 15 N–H and O–H groups in total. The predicted octanol–water partition coefficient (Wildman–Crippen LogP) is -2.89. The van der Waals surface area contributed by atoms with E-state index in [0.717, 1.165) is 0 Å². The van der Waals surface area contributed by atoms with Gasteiger partial charge in [0.25, 0.3) is 0 Å². The molecule has 0 aliphatic heterocycles. The number of amides is 9. The molecule has 0 rings (SSSR count). The summed E-state index contributed by atoms with van der Waals surface area (Å²) in [6.45, 7) is 14.4. The van der Waals surface area contributed by atoms with Crippen LogP contribution < -0.4 is 59.7 Å². The van der Waals surface area contributed by atoms with E-state index in [0.29, 0.717) is 19.4 Å². The van der Waals surface area contributed by atoms with Gasteiger partial charge in [-0.05, 0) is 83.6 Å². The third-order valence-electron chi connectivity index (χ3n) is 9.17. The van der Waals surface area contributed by atoms with Crippen LogP contribution in [0.1, 0.15) is 107 Å². The summed E-state index contributed by atoms with van der Waals surface area (Å²) < 4.78 is 0. The van der Waals surface area contributed by atoms with Gasteiger partial charge in [-0.1, -0.05) is 41.5 Å². The molecule has 0 bridgehead atoms. The van der Waals surface area contributed by atoms with E-state index in [9.17, 15) is 53.1 Å². The molecule has 0 heterocycles. The number of carbonyl (C=O) groups excluding carboxylic acids is 9. The van der Waals surface area contributed by atoms with Crippen LogP contribution in [0, 0.1) is 17.8 Å². The zero-order valence-electron chi connectivity index (χ0n) is 37.0. The molecule has 0 aromatic rings. The molecule has 0 radical (unpaired) electrons. The van der Waals surface area contributed by atoms with Crippen molar-refractivity contribution in [3.63, 3.8) is 0 Å². The average Bonchev–Trinajstić information content (AvgIpc) is 3.15. The lowest BCUT2D eigenvalue weighted by molar-refractivity contribution is -0.138. The summed E-state index contributed by atoms with van der Waals surface area (Å²) >= 11 is 0. The average molecular weight is 870 g/mol. The van der Waals surface area contributed by atoms with Crippen LogP contribution in [0.15, 0.2) is 0 Å². The van der Waals surface area contributed by atoms with Crippen molar-refractivity contribution in [1.82, 2.24) is 42.5 Å². The van der Waals surface area contributed by atoms with Crippen molar-refractivity contribution in [2.45, 2.75) is 156 Å². The highest BCUT2D eigenvalue weighted by Crippen LogP contribution is 2.10. The first-order valence-electron chi connectivity index (χ1n) is 20.7. The fraction of sp³-hybridized carbons (Fsp3) is 0.744. The molecule has 0 aromatic carbocycles. The van der Waals surface area contributed by atoms with E-state index in [4.69, 9.17) is 17.2 Å².